The Balaban J connectivity index is 0.00000420. The van der Waals surface area contributed by atoms with Gasteiger partial charge in [0.1, 0.15) is 17.2 Å². The highest BCUT2D eigenvalue weighted by molar-refractivity contribution is 14.0. The highest BCUT2D eigenvalue weighted by Crippen LogP contribution is 2.24. The second-order valence-corrected chi connectivity index (χ2v) is 6.32. The molecule has 0 radical (unpaired) electrons. The normalized spacial score (nSPS) is 13.6. The van der Waals surface area contributed by atoms with Gasteiger partial charge in [0.25, 0.3) is 0 Å². The fourth-order valence-electron chi connectivity index (χ4n) is 2.46. The third-order valence-corrected chi connectivity index (χ3v) is 3.96. The number of rotatable bonds is 8. The molecule has 0 aliphatic carbocycles. The molecule has 11 heteroatoms. The number of alkyl halides is 2. The first-order valence-corrected chi connectivity index (χ1v) is 8.68. The van der Waals surface area contributed by atoms with E-state index in [0.29, 0.717) is 12.1 Å². The number of nitrogens with zero attached hydrogens (tertiary/aromatic N) is 3. The molecule has 1 heterocycles. The van der Waals surface area contributed by atoms with Crippen LogP contribution in [0, 0.1) is 5.82 Å². The fraction of sp³-hybridized carbons (Fsp3) is 0.444. The van der Waals surface area contributed by atoms with E-state index in [4.69, 9.17) is 0 Å². The number of halogens is 4. The first kappa shape index (κ1) is 25.0. The van der Waals surface area contributed by atoms with Crippen LogP contribution in [0.1, 0.15) is 25.0 Å². The number of ether oxygens (including phenoxy) is 1. The number of aliphatic imine (C=N–C) groups is 1. The van der Waals surface area contributed by atoms with Crippen LogP contribution in [-0.4, -0.2) is 40.5 Å². The average molecular weight is 527 g/mol. The van der Waals surface area contributed by atoms with Crippen LogP contribution in [0.2, 0.25) is 0 Å². The van der Waals surface area contributed by atoms with Crippen LogP contribution in [0.5, 0.6) is 5.75 Å². The van der Waals surface area contributed by atoms with Crippen LogP contribution in [0.3, 0.4) is 0 Å². The molecule has 0 fully saturated rings. The molecule has 0 saturated heterocycles. The number of aryl methyl sites for hydroxylation is 1. The Morgan fingerprint density at radius 1 is 1.38 bits per heavy atom. The number of nitrogens with one attached hydrogen (secondary N) is 2. The van der Waals surface area contributed by atoms with Crippen molar-refractivity contribution in [3.8, 4) is 5.75 Å². The van der Waals surface area contributed by atoms with E-state index in [-0.39, 0.29) is 54.3 Å². The zero-order valence-corrected chi connectivity index (χ0v) is 18.7. The molecule has 1 atom stereocenters. The van der Waals surface area contributed by atoms with Crippen molar-refractivity contribution in [1.29, 1.82) is 0 Å². The van der Waals surface area contributed by atoms with Crippen LogP contribution in [0.4, 0.5) is 13.2 Å². The molecule has 7 nitrogen and oxygen atoms in total. The Kier molecular flexibility index (Phi) is 9.70. The van der Waals surface area contributed by atoms with Crippen molar-refractivity contribution < 1.29 is 23.0 Å². The van der Waals surface area contributed by atoms with Crippen LogP contribution in [0.25, 0.3) is 0 Å². The molecule has 29 heavy (non-hydrogen) atoms. The Morgan fingerprint density at radius 2 is 2.10 bits per heavy atom. The SMILES string of the molecule is CCNC(=NCc1c(F)cccc1OC(F)F)NCC(C)(O)c1cnn(C)c1.I. The van der Waals surface area contributed by atoms with Gasteiger partial charge in [-0.25, -0.2) is 9.38 Å². The molecular weight excluding hydrogens is 502 g/mol. The Labute approximate surface area is 184 Å². The Hall–Kier alpha value is -2.02. The second-order valence-electron chi connectivity index (χ2n) is 6.32. The van der Waals surface area contributed by atoms with Crippen molar-refractivity contribution in [3.05, 3.63) is 47.5 Å². The van der Waals surface area contributed by atoms with Gasteiger partial charge >= 0.3 is 6.61 Å². The predicted molar refractivity (Wildman–Crippen MR) is 114 cm³/mol. The summed E-state index contributed by atoms with van der Waals surface area (Å²) in [5.41, 5.74) is -0.703. The molecule has 3 N–H and O–H groups in total. The molecule has 2 aromatic rings. The Bertz CT molecular complexity index is 815. The number of aromatic nitrogens is 2. The molecule has 0 bridgehead atoms. The summed E-state index contributed by atoms with van der Waals surface area (Å²) in [7, 11) is 1.74. The van der Waals surface area contributed by atoms with Gasteiger partial charge in [0, 0.05) is 25.4 Å². The van der Waals surface area contributed by atoms with E-state index in [2.05, 4.69) is 25.5 Å². The van der Waals surface area contributed by atoms with E-state index in [1.807, 2.05) is 6.92 Å². The number of hydrogen-bond donors (Lipinski definition) is 3. The minimum atomic E-state index is -3.06. The van der Waals surface area contributed by atoms with Gasteiger partial charge in [-0.3, -0.25) is 4.68 Å². The zero-order valence-electron chi connectivity index (χ0n) is 16.3. The predicted octanol–water partition coefficient (Wildman–Crippen LogP) is 2.74. The van der Waals surface area contributed by atoms with Gasteiger partial charge in [0.15, 0.2) is 5.96 Å². The molecule has 2 rings (SSSR count). The number of hydrogen-bond acceptors (Lipinski definition) is 4. The van der Waals surface area contributed by atoms with Gasteiger partial charge in [-0.1, -0.05) is 6.07 Å². The molecule has 1 unspecified atom stereocenters. The summed E-state index contributed by atoms with van der Waals surface area (Å²) in [6.45, 7) is 0.780. The maximum atomic E-state index is 14.1. The second kappa shape index (κ2) is 11.2. The summed E-state index contributed by atoms with van der Waals surface area (Å²) >= 11 is 0. The van der Waals surface area contributed by atoms with Gasteiger partial charge in [-0.05, 0) is 26.0 Å². The van der Waals surface area contributed by atoms with E-state index in [1.165, 1.54) is 12.1 Å². The molecule has 1 aromatic heterocycles. The standard InChI is InChI=1S/C18H24F3N5O2.HI/c1-4-22-17(24-11-18(2,27)12-8-25-26(3)10-12)23-9-13-14(19)6-5-7-15(13)28-16(20)21;/h5-8,10,16,27H,4,9,11H2,1-3H3,(H2,22,23,24);1H. The van der Waals surface area contributed by atoms with Crippen molar-refractivity contribution in [3.63, 3.8) is 0 Å². The van der Waals surface area contributed by atoms with E-state index in [9.17, 15) is 18.3 Å². The van der Waals surface area contributed by atoms with E-state index >= 15 is 0 Å². The lowest BCUT2D eigenvalue weighted by Gasteiger charge is -2.23. The lowest BCUT2D eigenvalue weighted by Crippen LogP contribution is -2.44. The molecule has 0 aliphatic heterocycles. The smallest absolute Gasteiger partial charge is 0.387 e. The molecular formula is C18H25F3IN5O2. The number of benzene rings is 1. The third-order valence-electron chi connectivity index (χ3n) is 3.96. The lowest BCUT2D eigenvalue weighted by atomic mass is 10.00. The molecule has 0 aliphatic rings. The summed E-state index contributed by atoms with van der Waals surface area (Å²) < 4.78 is 45.0. The van der Waals surface area contributed by atoms with E-state index < -0.39 is 18.0 Å². The van der Waals surface area contributed by atoms with Crippen molar-refractivity contribution in [2.75, 3.05) is 13.1 Å². The van der Waals surface area contributed by atoms with Crippen molar-refractivity contribution in [2.24, 2.45) is 12.0 Å². The molecule has 0 saturated carbocycles. The summed E-state index contributed by atoms with van der Waals surface area (Å²) in [5.74, 6) is -0.671. The maximum absolute atomic E-state index is 14.1. The van der Waals surface area contributed by atoms with Gasteiger partial charge in [0.2, 0.25) is 0 Å². The van der Waals surface area contributed by atoms with E-state index in [1.54, 1.807) is 31.0 Å². The lowest BCUT2D eigenvalue weighted by molar-refractivity contribution is -0.0506. The van der Waals surface area contributed by atoms with Gasteiger partial charge in [0.05, 0.1) is 24.8 Å². The van der Waals surface area contributed by atoms with Crippen LogP contribution >= 0.6 is 24.0 Å². The van der Waals surface area contributed by atoms with Crippen molar-refractivity contribution in [2.45, 2.75) is 32.6 Å². The van der Waals surface area contributed by atoms with Crippen molar-refractivity contribution in [1.82, 2.24) is 20.4 Å². The molecule has 0 amide bonds. The highest BCUT2D eigenvalue weighted by atomic mass is 127. The van der Waals surface area contributed by atoms with Crippen LogP contribution in [-0.2, 0) is 19.2 Å². The summed E-state index contributed by atoms with van der Waals surface area (Å²) in [4.78, 5) is 4.21. The topological polar surface area (TPSA) is 83.7 Å². The number of guanidine groups is 1. The zero-order chi connectivity index (χ0) is 20.7. The first-order chi connectivity index (χ1) is 13.2. The average Bonchev–Trinajstić information content (AvgIpc) is 3.06. The maximum Gasteiger partial charge on any atom is 0.387 e. The minimum Gasteiger partial charge on any atom is -0.434 e. The van der Waals surface area contributed by atoms with Crippen LogP contribution < -0.4 is 15.4 Å². The Morgan fingerprint density at radius 3 is 2.69 bits per heavy atom. The van der Waals surface area contributed by atoms with Crippen molar-refractivity contribution >= 4 is 29.9 Å². The minimum absolute atomic E-state index is 0. The quantitative estimate of drug-likeness (QED) is 0.280. The van der Waals surface area contributed by atoms with Crippen LogP contribution in [0.15, 0.2) is 35.6 Å². The summed E-state index contributed by atoms with van der Waals surface area (Å²) in [6, 6.07) is 3.69. The molecule has 162 valence electrons. The molecule has 1 aromatic carbocycles. The van der Waals surface area contributed by atoms with E-state index in [0.717, 1.165) is 6.07 Å². The highest BCUT2D eigenvalue weighted by Gasteiger charge is 2.25. The van der Waals surface area contributed by atoms with Gasteiger partial charge < -0.3 is 20.5 Å². The third kappa shape index (κ3) is 7.38. The summed E-state index contributed by atoms with van der Waals surface area (Å²) in [5, 5.41) is 20.6. The molecule has 0 spiro atoms. The van der Waals surface area contributed by atoms with Gasteiger partial charge in [-0.15, -0.1) is 24.0 Å². The number of aliphatic hydroxyl groups is 1. The summed E-state index contributed by atoms with van der Waals surface area (Å²) in [6.07, 6.45) is 3.25. The van der Waals surface area contributed by atoms with Gasteiger partial charge in [-0.2, -0.15) is 13.9 Å². The first-order valence-electron chi connectivity index (χ1n) is 8.68. The monoisotopic (exact) mass is 527 g/mol. The largest absolute Gasteiger partial charge is 0.434 e. The fourth-order valence-corrected chi connectivity index (χ4v) is 2.46.